The van der Waals surface area contributed by atoms with Crippen LogP contribution in [0.2, 0.25) is 0 Å². The number of nitrogens with two attached hydrogens (primary N) is 1. The number of carbonyl (C=O) groups is 4. The van der Waals surface area contributed by atoms with E-state index in [0.717, 1.165) is 26.2 Å². The van der Waals surface area contributed by atoms with Crippen molar-refractivity contribution in [2.45, 2.75) is 13.8 Å². The molecule has 0 fully saturated rings. The summed E-state index contributed by atoms with van der Waals surface area (Å²) in [6.07, 6.45) is 0. The van der Waals surface area contributed by atoms with Gasteiger partial charge in [0.15, 0.2) is 0 Å². The molecular formula is C52H34N8O13. The fraction of sp³-hybridized carbons (Fsp3) is 0.0769. The van der Waals surface area contributed by atoms with E-state index in [1.807, 2.05) is 0 Å². The molecule has 0 bridgehead atoms. The Morgan fingerprint density at radius 3 is 1.19 bits per heavy atom. The van der Waals surface area contributed by atoms with E-state index in [4.69, 9.17) is 5.73 Å². The van der Waals surface area contributed by atoms with Gasteiger partial charge in [-0.2, -0.15) is 0 Å². The number of carboxylic acids is 1. The van der Waals surface area contributed by atoms with Crippen molar-refractivity contribution < 1.29 is 24.3 Å². The van der Waals surface area contributed by atoms with Gasteiger partial charge >= 0.3 is 5.97 Å². The van der Waals surface area contributed by atoms with Crippen LogP contribution in [0.5, 0.6) is 0 Å². The molecule has 3 amide bonds. The number of nitrogen functional groups attached to an aromatic ring is 1. The van der Waals surface area contributed by atoms with Gasteiger partial charge < -0.3 is 26.8 Å². The molecule has 10 rings (SSSR count). The number of nitrogens with one attached hydrogen (secondary N) is 3. The molecule has 0 aliphatic heterocycles. The number of amides is 3. The highest BCUT2D eigenvalue weighted by Gasteiger charge is 2.37. The number of hydrogen-bond acceptors (Lipinski definition) is 13. The van der Waals surface area contributed by atoms with E-state index in [0.29, 0.717) is 29.4 Å². The molecule has 0 atom stereocenters. The van der Waals surface area contributed by atoms with Crippen LogP contribution in [0.25, 0.3) is 60.2 Å². The number of aryl methyl sites for hydroxylation is 2. The normalized spacial score (nSPS) is 11.5. The molecular weight excluding hydrogens is 945 g/mol. The highest BCUT2D eigenvalue weighted by Crippen LogP contribution is 2.32. The number of carbonyl (C=O) groups excluding carboxylic acids is 3. The van der Waals surface area contributed by atoms with Crippen molar-refractivity contribution >= 4 is 83.8 Å². The summed E-state index contributed by atoms with van der Waals surface area (Å²) in [7, 11) is 2.19. The number of hydrogen-bond donors (Lipinski definition) is 5. The Balaban J connectivity index is 1.28. The smallest absolute Gasteiger partial charge is 0.337 e. The molecule has 4 heterocycles. The van der Waals surface area contributed by atoms with Gasteiger partial charge in [-0.1, -0.05) is 36.4 Å². The Morgan fingerprint density at radius 1 is 0.438 bits per heavy atom. The van der Waals surface area contributed by atoms with Gasteiger partial charge in [-0.3, -0.25) is 57.3 Å². The first-order valence-electron chi connectivity index (χ1n) is 21.9. The van der Waals surface area contributed by atoms with Crippen LogP contribution in [0.4, 0.5) is 17.1 Å². The minimum absolute atomic E-state index is 0.0466. The summed E-state index contributed by atoms with van der Waals surface area (Å²) in [4.78, 5) is 172. The first-order chi connectivity index (χ1) is 34.8. The number of benzene rings is 6. The van der Waals surface area contributed by atoms with Gasteiger partial charge in [0.2, 0.25) is 0 Å². The zero-order valence-electron chi connectivity index (χ0n) is 38.5. The van der Waals surface area contributed by atoms with E-state index in [1.165, 1.54) is 54.6 Å². The Labute approximate surface area is 405 Å². The maximum Gasteiger partial charge on any atom is 0.337 e. The first kappa shape index (κ1) is 46.3. The number of aromatic carboxylic acids is 1. The van der Waals surface area contributed by atoms with Crippen LogP contribution >= 0.6 is 0 Å². The summed E-state index contributed by atoms with van der Waals surface area (Å²) in [5.41, 5.74) is -6.24. The van der Waals surface area contributed by atoms with Gasteiger partial charge in [0.25, 0.3) is 62.2 Å². The molecule has 21 heteroatoms. The molecule has 0 spiro atoms. The molecule has 10 aromatic rings. The Morgan fingerprint density at radius 2 is 0.781 bits per heavy atom. The predicted octanol–water partition coefficient (Wildman–Crippen LogP) is 2.40. The van der Waals surface area contributed by atoms with Crippen molar-refractivity contribution in [2.75, 3.05) is 23.4 Å². The first-order valence-corrected chi connectivity index (χ1v) is 21.9. The quantitative estimate of drug-likeness (QED) is 0.130. The molecule has 0 unspecified atom stereocenters. The lowest BCUT2D eigenvalue weighted by atomic mass is 9.95. The van der Waals surface area contributed by atoms with Crippen molar-refractivity contribution in [3.05, 3.63) is 213 Å². The second-order valence-electron chi connectivity index (χ2n) is 17.2. The topological polar surface area (TPSA) is 307 Å². The highest BCUT2D eigenvalue weighted by atomic mass is 16.4. The van der Waals surface area contributed by atoms with Crippen molar-refractivity contribution in [1.29, 1.82) is 0 Å². The molecule has 6 N–H and O–H groups in total. The number of fused-ring (bicyclic) bond motifs is 4. The monoisotopic (exact) mass is 978 g/mol. The molecule has 6 aromatic carbocycles. The largest absolute Gasteiger partial charge is 0.478 e. The van der Waals surface area contributed by atoms with Crippen molar-refractivity contribution in [1.82, 2.24) is 23.6 Å². The fourth-order valence-corrected chi connectivity index (χ4v) is 9.57. The third-order valence-corrected chi connectivity index (χ3v) is 12.7. The third-order valence-electron chi connectivity index (χ3n) is 12.7. The molecule has 0 saturated heterocycles. The van der Waals surface area contributed by atoms with Crippen LogP contribution < -0.4 is 66.2 Å². The Hall–Kier alpha value is -10.4. The van der Waals surface area contributed by atoms with Gasteiger partial charge in [-0.05, 0) is 85.6 Å². The van der Waals surface area contributed by atoms with Gasteiger partial charge in [0, 0.05) is 31.2 Å². The number of anilines is 3. The van der Waals surface area contributed by atoms with Crippen LogP contribution in [0.15, 0.2) is 135 Å². The number of carboxylic acid groups (broad SMARTS) is 1. The number of nitrogens with zero attached hydrogens (tertiary/aromatic N) is 4. The summed E-state index contributed by atoms with van der Waals surface area (Å²) >= 11 is 0. The van der Waals surface area contributed by atoms with E-state index < -0.39 is 145 Å². The fourth-order valence-electron chi connectivity index (χ4n) is 9.57. The highest BCUT2D eigenvalue weighted by molar-refractivity contribution is 6.29. The second kappa shape index (κ2) is 16.6. The number of aromatic nitrogens is 4. The average Bonchev–Trinajstić information content (AvgIpc) is 3.95. The van der Waals surface area contributed by atoms with Crippen LogP contribution in [0.1, 0.15) is 52.6 Å². The van der Waals surface area contributed by atoms with Crippen LogP contribution in [0.3, 0.4) is 0 Å². The maximum absolute atomic E-state index is 15.1. The Kier molecular flexibility index (Phi) is 10.5. The molecule has 73 heavy (non-hydrogen) atoms. The van der Waals surface area contributed by atoms with Crippen LogP contribution in [-0.4, -0.2) is 54.1 Å². The summed E-state index contributed by atoms with van der Waals surface area (Å²) < 4.78 is 2.14. The molecule has 21 nitrogen and oxygen atoms in total. The van der Waals surface area contributed by atoms with Crippen molar-refractivity contribution in [3.8, 4) is 17.1 Å². The molecule has 0 radical (unpaired) electrons. The van der Waals surface area contributed by atoms with Gasteiger partial charge in [0.05, 0.1) is 82.4 Å². The standard InChI is InChI=1S/C52H34N8O13/c1-21-9-5-12-24(17-21)55-42(62)30-32-38(45(65)57(4)44(32)64)40(52(72)73)39-37(30)50(70)60(51(39)71)28-16-8-15-27(20-28)59-47(67)34-29(41(61)54-3)33-35(48(68)58(46(33)66)26-14-6-10-22(2)18-26)31(36(34)49(59)69)43(63)56-25-13-7-11-23(53)19-25/h5-20H,53H2,1-4H3,(H,54,61)(H,55,62)(H,56,63)(H,72,73). The molecule has 0 saturated carbocycles. The summed E-state index contributed by atoms with van der Waals surface area (Å²) in [5, 5.41) is 11.8. The summed E-state index contributed by atoms with van der Waals surface area (Å²) in [6, 6.07) is 22.8. The lowest BCUT2D eigenvalue weighted by molar-refractivity contribution is 0.0700. The zero-order chi connectivity index (χ0) is 52.2. The van der Waals surface area contributed by atoms with E-state index in [9.17, 15) is 53.1 Å². The lowest BCUT2D eigenvalue weighted by Gasteiger charge is -2.10. The molecule has 0 aliphatic carbocycles. The Bertz CT molecular complexity index is 4650. The SMILES string of the molecule is CNC(=O)c1c2c(=O)n(-c3cccc(C)c3)c(=O)c2c(C(=O)Nc2cccc(N)c2)c2c(=O)n(-c3cccc(-n4c(=O)c5c(C(=O)O)c6c(=O)n(C)c(=O)c6c(C(=O)Nc6cccc(C)c6)c5c4=O)c3)c(=O)c12. The molecule has 4 aromatic heterocycles. The third kappa shape index (κ3) is 6.77. The molecule has 360 valence electrons. The van der Waals surface area contributed by atoms with E-state index in [-0.39, 0.29) is 22.7 Å². The summed E-state index contributed by atoms with van der Waals surface area (Å²) in [5.74, 6) is -5.31. The van der Waals surface area contributed by atoms with Gasteiger partial charge in [0.1, 0.15) is 0 Å². The minimum atomic E-state index is -1.90. The minimum Gasteiger partial charge on any atom is -0.478 e. The zero-order valence-corrected chi connectivity index (χ0v) is 38.5. The average molecular weight is 979 g/mol. The van der Waals surface area contributed by atoms with Crippen LogP contribution in [0, 0.1) is 13.8 Å². The predicted molar refractivity (Wildman–Crippen MR) is 271 cm³/mol. The van der Waals surface area contributed by atoms with E-state index in [2.05, 4.69) is 16.0 Å². The van der Waals surface area contributed by atoms with Crippen LogP contribution in [-0.2, 0) is 7.05 Å². The number of rotatable bonds is 9. The second-order valence-corrected chi connectivity index (χ2v) is 17.2. The molecule has 0 aliphatic rings. The van der Waals surface area contributed by atoms with E-state index in [1.54, 1.807) is 44.2 Å². The van der Waals surface area contributed by atoms with Gasteiger partial charge in [-0.25, -0.2) is 18.5 Å². The summed E-state index contributed by atoms with van der Waals surface area (Å²) in [6.45, 7) is 3.41. The van der Waals surface area contributed by atoms with Crippen molar-refractivity contribution in [2.24, 2.45) is 7.05 Å². The maximum atomic E-state index is 15.1. The van der Waals surface area contributed by atoms with Gasteiger partial charge in [-0.15, -0.1) is 0 Å². The lowest BCUT2D eigenvalue weighted by Crippen LogP contribution is -2.27. The van der Waals surface area contributed by atoms with E-state index >= 15 is 9.59 Å². The van der Waals surface area contributed by atoms with Crippen molar-refractivity contribution in [3.63, 3.8) is 0 Å².